The first-order valence-corrected chi connectivity index (χ1v) is 5.69. The van der Waals surface area contributed by atoms with Gasteiger partial charge in [-0.3, -0.25) is 4.90 Å². The molecule has 1 aliphatic rings. The smallest absolute Gasteiger partial charge is 0.123 e. The van der Waals surface area contributed by atoms with Gasteiger partial charge < -0.3 is 5.11 Å². The van der Waals surface area contributed by atoms with E-state index >= 15 is 0 Å². The molecule has 4 heteroatoms. The van der Waals surface area contributed by atoms with Gasteiger partial charge in [-0.2, -0.15) is 5.26 Å². The Bertz CT molecular complexity index is 461. The van der Waals surface area contributed by atoms with Gasteiger partial charge in [-0.15, -0.1) is 0 Å². The van der Waals surface area contributed by atoms with Gasteiger partial charge in [0, 0.05) is 19.6 Å². The lowest BCUT2D eigenvalue weighted by atomic mass is 9.90. The Morgan fingerprint density at radius 1 is 1.53 bits per heavy atom. The van der Waals surface area contributed by atoms with Crippen LogP contribution in [0.5, 0.6) is 0 Å². The molecule has 1 heterocycles. The summed E-state index contributed by atoms with van der Waals surface area (Å²) in [5.41, 5.74) is 0.587. The summed E-state index contributed by atoms with van der Waals surface area (Å²) in [6.07, 6.45) is 0.720. The van der Waals surface area contributed by atoms with Crippen molar-refractivity contribution in [3.63, 3.8) is 0 Å². The summed E-state index contributed by atoms with van der Waals surface area (Å²) in [5, 5.41) is 18.8. The number of aliphatic hydroxyl groups is 1. The third kappa shape index (κ3) is 2.46. The number of likely N-dealkylation sites (tertiary alicyclic amines) is 1. The quantitative estimate of drug-likeness (QED) is 0.865. The summed E-state index contributed by atoms with van der Waals surface area (Å²) < 4.78 is 13.1. The van der Waals surface area contributed by atoms with Crippen LogP contribution in [0.25, 0.3) is 0 Å². The summed E-state index contributed by atoms with van der Waals surface area (Å²) in [6, 6.07) is 6.23. The summed E-state index contributed by atoms with van der Waals surface area (Å²) in [4.78, 5) is 2.01. The van der Waals surface area contributed by atoms with Gasteiger partial charge in [-0.05, 0) is 30.2 Å². The average Bonchev–Trinajstić information content (AvgIpc) is 2.27. The number of halogens is 1. The van der Waals surface area contributed by atoms with Crippen LogP contribution < -0.4 is 0 Å². The molecule has 1 aromatic carbocycles. The highest BCUT2D eigenvalue weighted by Gasteiger charge is 2.39. The van der Waals surface area contributed by atoms with Gasteiger partial charge in [0.2, 0.25) is 0 Å². The fourth-order valence-corrected chi connectivity index (χ4v) is 2.16. The molecular formula is C13H15FN2O. The second-order valence-electron chi connectivity index (χ2n) is 4.64. The molecule has 0 radical (unpaired) electrons. The molecule has 0 aliphatic carbocycles. The van der Waals surface area contributed by atoms with Crippen molar-refractivity contribution in [3.8, 4) is 6.07 Å². The number of benzene rings is 1. The van der Waals surface area contributed by atoms with Gasteiger partial charge in [0.15, 0.2) is 0 Å². The minimum Gasteiger partial charge on any atom is -0.387 e. The maximum Gasteiger partial charge on any atom is 0.123 e. The first kappa shape index (κ1) is 12.0. The third-order valence-corrected chi connectivity index (χ3v) is 3.28. The molecule has 1 aromatic rings. The topological polar surface area (TPSA) is 47.3 Å². The van der Waals surface area contributed by atoms with Crippen molar-refractivity contribution in [3.05, 3.63) is 35.1 Å². The van der Waals surface area contributed by atoms with E-state index in [9.17, 15) is 9.50 Å². The van der Waals surface area contributed by atoms with Gasteiger partial charge in [0.25, 0.3) is 0 Å². The van der Waals surface area contributed by atoms with E-state index in [1.807, 2.05) is 11.8 Å². The standard InChI is InChI=1S/C13H15FN2O/c1-2-13(17)8-16(9-13)7-11-5-12(14)4-3-10(11)6-15/h3-5,17H,2,7-9H2,1H3. The number of nitriles is 1. The van der Waals surface area contributed by atoms with Crippen LogP contribution in [0, 0.1) is 17.1 Å². The number of hydrogen-bond donors (Lipinski definition) is 1. The summed E-state index contributed by atoms with van der Waals surface area (Å²) in [5.74, 6) is -0.328. The lowest BCUT2D eigenvalue weighted by molar-refractivity contribution is -0.103. The van der Waals surface area contributed by atoms with E-state index < -0.39 is 5.60 Å². The minimum absolute atomic E-state index is 0.328. The Morgan fingerprint density at radius 2 is 2.24 bits per heavy atom. The molecule has 1 N–H and O–H groups in total. The second-order valence-corrected chi connectivity index (χ2v) is 4.64. The molecule has 17 heavy (non-hydrogen) atoms. The summed E-state index contributed by atoms with van der Waals surface area (Å²) >= 11 is 0. The van der Waals surface area contributed by atoms with Crippen LogP contribution in [0.4, 0.5) is 4.39 Å². The van der Waals surface area contributed by atoms with Crippen LogP contribution in [-0.4, -0.2) is 28.7 Å². The Balaban J connectivity index is 2.06. The van der Waals surface area contributed by atoms with Gasteiger partial charge in [-0.25, -0.2) is 4.39 Å². The van der Waals surface area contributed by atoms with E-state index in [-0.39, 0.29) is 5.82 Å². The van der Waals surface area contributed by atoms with Crippen molar-refractivity contribution in [1.29, 1.82) is 5.26 Å². The van der Waals surface area contributed by atoms with Crippen LogP contribution in [0.2, 0.25) is 0 Å². The Morgan fingerprint density at radius 3 is 2.82 bits per heavy atom. The van der Waals surface area contributed by atoms with E-state index in [0.717, 1.165) is 6.42 Å². The average molecular weight is 234 g/mol. The number of β-amino-alcohol motifs (C(OH)–C–C–N with tert-alkyl or cyclic N) is 1. The van der Waals surface area contributed by atoms with Crippen LogP contribution >= 0.6 is 0 Å². The predicted molar refractivity (Wildman–Crippen MR) is 61.6 cm³/mol. The highest BCUT2D eigenvalue weighted by atomic mass is 19.1. The lowest BCUT2D eigenvalue weighted by Gasteiger charge is -2.46. The molecule has 0 bridgehead atoms. The monoisotopic (exact) mass is 234 g/mol. The third-order valence-electron chi connectivity index (χ3n) is 3.28. The zero-order valence-electron chi connectivity index (χ0n) is 9.78. The van der Waals surface area contributed by atoms with Gasteiger partial charge in [0.1, 0.15) is 5.82 Å². The van der Waals surface area contributed by atoms with Crippen molar-refractivity contribution in [1.82, 2.24) is 4.90 Å². The number of rotatable bonds is 3. The maximum absolute atomic E-state index is 13.1. The van der Waals surface area contributed by atoms with Crippen LogP contribution in [0.3, 0.4) is 0 Å². The molecule has 0 atom stereocenters. The van der Waals surface area contributed by atoms with Crippen LogP contribution in [0.15, 0.2) is 18.2 Å². The zero-order valence-corrected chi connectivity index (χ0v) is 9.78. The molecule has 0 saturated carbocycles. The predicted octanol–water partition coefficient (Wildman–Crippen LogP) is 1.65. The normalized spacial score (nSPS) is 18.5. The molecule has 1 fully saturated rings. The molecule has 3 nitrogen and oxygen atoms in total. The molecule has 2 rings (SSSR count). The second kappa shape index (κ2) is 4.44. The van der Waals surface area contributed by atoms with Crippen molar-refractivity contribution in [2.45, 2.75) is 25.5 Å². The fraction of sp³-hybridized carbons (Fsp3) is 0.462. The lowest BCUT2D eigenvalue weighted by Crippen LogP contribution is -2.60. The van der Waals surface area contributed by atoms with Crippen LogP contribution in [0.1, 0.15) is 24.5 Å². The van der Waals surface area contributed by atoms with E-state index in [0.29, 0.717) is 30.8 Å². The van der Waals surface area contributed by atoms with E-state index in [1.165, 1.54) is 18.2 Å². The van der Waals surface area contributed by atoms with Crippen LogP contribution in [-0.2, 0) is 6.54 Å². The highest BCUT2D eigenvalue weighted by molar-refractivity contribution is 5.38. The highest BCUT2D eigenvalue weighted by Crippen LogP contribution is 2.26. The van der Waals surface area contributed by atoms with Gasteiger partial charge >= 0.3 is 0 Å². The molecule has 1 saturated heterocycles. The largest absolute Gasteiger partial charge is 0.387 e. The van der Waals surface area contributed by atoms with Crippen molar-refractivity contribution in [2.24, 2.45) is 0 Å². The first-order valence-electron chi connectivity index (χ1n) is 5.69. The number of nitrogens with zero attached hydrogens (tertiary/aromatic N) is 2. The molecular weight excluding hydrogens is 219 g/mol. The van der Waals surface area contributed by atoms with Crippen molar-refractivity contribution < 1.29 is 9.50 Å². The summed E-state index contributed by atoms with van der Waals surface area (Å²) in [6.45, 7) is 3.64. The molecule has 0 aromatic heterocycles. The molecule has 1 aliphatic heterocycles. The van der Waals surface area contributed by atoms with E-state index in [1.54, 1.807) is 0 Å². The summed E-state index contributed by atoms with van der Waals surface area (Å²) in [7, 11) is 0. The van der Waals surface area contributed by atoms with Gasteiger partial charge in [-0.1, -0.05) is 6.92 Å². The Labute approximate surface area is 100 Å². The maximum atomic E-state index is 13.1. The number of hydrogen-bond acceptors (Lipinski definition) is 3. The molecule has 90 valence electrons. The Kier molecular flexibility index (Phi) is 3.14. The molecule has 0 unspecified atom stereocenters. The molecule has 0 spiro atoms. The Hall–Kier alpha value is -1.44. The zero-order chi connectivity index (χ0) is 12.5. The van der Waals surface area contributed by atoms with Gasteiger partial charge in [0.05, 0.1) is 17.2 Å². The van der Waals surface area contributed by atoms with Crippen molar-refractivity contribution in [2.75, 3.05) is 13.1 Å². The first-order chi connectivity index (χ1) is 8.06. The molecule has 0 amide bonds. The fourth-order valence-electron chi connectivity index (χ4n) is 2.16. The van der Waals surface area contributed by atoms with Crippen molar-refractivity contribution >= 4 is 0 Å². The minimum atomic E-state index is -0.597. The van der Waals surface area contributed by atoms with E-state index in [2.05, 4.69) is 6.07 Å². The SMILES string of the molecule is CCC1(O)CN(Cc2cc(F)ccc2C#N)C1. The van der Waals surface area contributed by atoms with E-state index in [4.69, 9.17) is 5.26 Å².